The molecular weight excluding hydrogens is 286 g/mol. The molecule has 0 radical (unpaired) electrons. The number of hydrogen-bond acceptors (Lipinski definition) is 6. The van der Waals surface area contributed by atoms with Crippen molar-refractivity contribution in [2.24, 2.45) is 5.92 Å². The summed E-state index contributed by atoms with van der Waals surface area (Å²) in [6.45, 7) is 1.21. The first-order chi connectivity index (χ1) is 10.5. The van der Waals surface area contributed by atoms with E-state index in [0.717, 1.165) is 0 Å². The van der Waals surface area contributed by atoms with Crippen molar-refractivity contribution in [3.8, 4) is 0 Å². The van der Waals surface area contributed by atoms with Crippen molar-refractivity contribution >= 4 is 11.9 Å². The van der Waals surface area contributed by atoms with Crippen LogP contribution in [0.1, 0.15) is 17.3 Å². The Hall–Kier alpha value is -1.92. The van der Waals surface area contributed by atoms with E-state index in [9.17, 15) is 14.7 Å². The maximum absolute atomic E-state index is 12.3. The number of piperidine rings is 1. The van der Waals surface area contributed by atoms with Gasteiger partial charge in [-0.05, 0) is 19.2 Å². The highest BCUT2D eigenvalue weighted by Crippen LogP contribution is 2.47. The summed E-state index contributed by atoms with van der Waals surface area (Å²) in [7, 11) is 1.91. The Morgan fingerprint density at radius 2 is 1.82 bits per heavy atom. The number of likely N-dealkylation sites (N-methyl/N-ethyl adjacent to an activating group) is 1. The molecule has 1 saturated heterocycles. The molecule has 0 bridgehead atoms. The summed E-state index contributed by atoms with van der Waals surface area (Å²) < 4.78 is 10.9. The molecule has 1 unspecified atom stereocenters. The number of aliphatic hydroxyl groups is 1. The van der Waals surface area contributed by atoms with Crippen LogP contribution in [-0.4, -0.2) is 59.9 Å². The zero-order valence-electron chi connectivity index (χ0n) is 12.5. The van der Waals surface area contributed by atoms with Gasteiger partial charge < -0.3 is 14.6 Å². The minimum absolute atomic E-state index is 0.00541. The first kappa shape index (κ1) is 15.0. The van der Waals surface area contributed by atoms with Gasteiger partial charge in [0.05, 0.1) is 18.2 Å². The van der Waals surface area contributed by atoms with Gasteiger partial charge in [0.15, 0.2) is 6.10 Å². The second kappa shape index (κ2) is 5.70. The van der Waals surface area contributed by atoms with Crippen LogP contribution in [0, 0.1) is 5.92 Å². The van der Waals surface area contributed by atoms with Crippen LogP contribution in [0.2, 0.25) is 0 Å². The summed E-state index contributed by atoms with van der Waals surface area (Å²) in [4.78, 5) is 25.6. The number of nitrogens with zero attached hydrogens (tertiary/aromatic N) is 1. The van der Waals surface area contributed by atoms with Gasteiger partial charge in [0.2, 0.25) is 0 Å². The van der Waals surface area contributed by atoms with E-state index in [2.05, 4.69) is 0 Å². The molecule has 0 amide bonds. The second-order valence-electron chi connectivity index (χ2n) is 5.80. The van der Waals surface area contributed by atoms with E-state index < -0.39 is 24.1 Å². The fourth-order valence-corrected chi connectivity index (χ4v) is 3.46. The molecule has 2 aliphatic rings. The van der Waals surface area contributed by atoms with Gasteiger partial charge in [0.1, 0.15) is 6.10 Å². The van der Waals surface area contributed by atoms with Crippen molar-refractivity contribution in [2.75, 3.05) is 13.7 Å². The predicted molar refractivity (Wildman–Crippen MR) is 77.1 cm³/mol. The Labute approximate surface area is 128 Å². The monoisotopic (exact) mass is 305 g/mol. The van der Waals surface area contributed by atoms with Crippen LogP contribution < -0.4 is 0 Å². The zero-order valence-corrected chi connectivity index (χ0v) is 12.5. The summed E-state index contributed by atoms with van der Waals surface area (Å²) in [6.07, 6.45) is -1.15. The third kappa shape index (κ3) is 2.48. The van der Waals surface area contributed by atoms with E-state index in [0.29, 0.717) is 5.56 Å². The average molecular weight is 305 g/mol. The summed E-state index contributed by atoms with van der Waals surface area (Å²) in [6, 6.07) is 8.78. The Morgan fingerprint density at radius 3 is 2.41 bits per heavy atom. The number of fused-ring (bicyclic) bond motifs is 1. The van der Waals surface area contributed by atoms with Gasteiger partial charge in [-0.15, -0.1) is 0 Å². The predicted octanol–water partition coefficient (Wildman–Crippen LogP) is 0.448. The molecule has 22 heavy (non-hydrogen) atoms. The van der Waals surface area contributed by atoms with Gasteiger partial charge in [-0.25, -0.2) is 4.79 Å². The molecule has 1 heterocycles. The van der Waals surface area contributed by atoms with Crippen LogP contribution >= 0.6 is 0 Å². The maximum atomic E-state index is 12.3. The highest BCUT2D eigenvalue weighted by Gasteiger charge is 2.67. The summed E-state index contributed by atoms with van der Waals surface area (Å²) in [5.41, 5.74) is 0.455. The van der Waals surface area contributed by atoms with Gasteiger partial charge >= 0.3 is 11.9 Å². The van der Waals surface area contributed by atoms with Gasteiger partial charge in [0, 0.05) is 18.9 Å². The summed E-state index contributed by atoms with van der Waals surface area (Å²) in [5.74, 6) is -1.11. The second-order valence-corrected chi connectivity index (χ2v) is 5.80. The number of rotatable bonds is 4. The smallest absolute Gasteiger partial charge is 0.338 e. The Bertz CT molecular complexity index is 575. The fourth-order valence-electron chi connectivity index (χ4n) is 3.46. The van der Waals surface area contributed by atoms with Crippen molar-refractivity contribution < 1.29 is 24.2 Å². The van der Waals surface area contributed by atoms with Gasteiger partial charge in [-0.1, -0.05) is 18.2 Å². The first-order valence-corrected chi connectivity index (χ1v) is 7.30. The van der Waals surface area contributed by atoms with Crippen molar-refractivity contribution in [1.82, 2.24) is 4.90 Å². The van der Waals surface area contributed by atoms with Gasteiger partial charge in [-0.2, -0.15) is 0 Å². The minimum Gasteiger partial charge on any atom is -0.458 e. The number of ether oxygens (including phenoxy) is 2. The largest absolute Gasteiger partial charge is 0.458 e. The van der Waals surface area contributed by atoms with Crippen LogP contribution in [0.3, 0.4) is 0 Å². The molecule has 1 aliphatic heterocycles. The number of esters is 2. The molecular formula is C16H19NO5. The lowest BCUT2D eigenvalue weighted by Gasteiger charge is -2.28. The van der Waals surface area contributed by atoms with Crippen LogP contribution in [0.4, 0.5) is 0 Å². The molecule has 0 spiro atoms. The molecule has 6 atom stereocenters. The van der Waals surface area contributed by atoms with Gasteiger partial charge in [0.25, 0.3) is 0 Å². The number of likely N-dealkylation sites (tertiary alicyclic amines) is 1. The molecule has 0 aromatic heterocycles. The standard InChI is InChI=1S/C16H19NO5/c1-9(19)21-14-11(8-18)12-13(17(12)2)15(14)22-16(20)10-6-4-3-5-7-10/h3-7,11-15,18H,8H2,1-2H3/t11-,12+,13+,14+,15+,17?/m0/s1. The SMILES string of the molecule is CC(=O)O[C@@H]1[C@@H](CO)[C@@H]2[C@H]([C@H]1OC(=O)c1ccccc1)N2C. The van der Waals surface area contributed by atoms with E-state index in [1.54, 1.807) is 24.3 Å². The topological polar surface area (TPSA) is 75.8 Å². The van der Waals surface area contributed by atoms with Crippen LogP contribution in [0.15, 0.2) is 30.3 Å². The lowest BCUT2D eigenvalue weighted by atomic mass is 10.0. The van der Waals surface area contributed by atoms with Crippen LogP contribution in [-0.2, 0) is 14.3 Å². The molecule has 1 N–H and O–H groups in total. The van der Waals surface area contributed by atoms with E-state index in [-0.39, 0.29) is 24.6 Å². The number of hydrogen-bond donors (Lipinski definition) is 1. The average Bonchev–Trinajstić information content (AvgIpc) is 3.04. The van der Waals surface area contributed by atoms with Crippen molar-refractivity contribution in [1.29, 1.82) is 0 Å². The third-order valence-corrected chi connectivity index (χ3v) is 4.49. The van der Waals surface area contributed by atoms with Crippen molar-refractivity contribution in [2.45, 2.75) is 31.2 Å². The zero-order chi connectivity index (χ0) is 15.9. The Kier molecular flexibility index (Phi) is 3.88. The number of benzene rings is 1. The highest BCUT2D eigenvalue weighted by molar-refractivity contribution is 5.89. The summed E-state index contributed by atoms with van der Waals surface area (Å²) in [5, 5.41) is 9.57. The highest BCUT2D eigenvalue weighted by atomic mass is 16.6. The molecule has 1 aromatic carbocycles. The lowest BCUT2D eigenvalue weighted by Crippen LogP contribution is -2.42. The van der Waals surface area contributed by atoms with E-state index in [4.69, 9.17) is 9.47 Å². The quantitative estimate of drug-likeness (QED) is 0.643. The Balaban J connectivity index is 1.78. The molecule has 1 saturated carbocycles. The fraction of sp³-hybridized carbons (Fsp3) is 0.500. The molecule has 3 rings (SSSR count). The van der Waals surface area contributed by atoms with E-state index >= 15 is 0 Å². The van der Waals surface area contributed by atoms with Crippen molar-refractivity contribution in [3.05, 3.63) is 35.9 Å². The van der Waals surface area contributed by atoms with Crippen LogP contribution in [0.5, 0.6) is 0 Å². The number of carbonyl (C=O) groups excluding carboxylic acids is 2. The van der Waals surface area contributed by atoms with E-state index in [1.807, 2.05) is 18.0 Å². The van der Waals surface area contributed by atoms with Crippen LogP contribution in [0.25, 0.3) is 0 Å². The van der Waals surface area contributed by atoms with Gasteiger partial charge in [-0.3, -0.25) is 9.69 Å². The third-order valence-electron chi connectivity index (χ3n) is 4.49. The molecule has 6 nitrogen and oxygen atoms in total. The minimum atomic E-state index is -0.596. The summed E-state index contributed by atoms with van der Waals surface area (Å²) >= 11 is 0. The molecule has 2 fully saturated rings. The maximum Gasteiger partial charge on any atom is 0.338 e. The van der Waals surface area contributed by atoms with E-state index in [1.165, 1.54) is 6.92 Å². The molecule has 1 aromatic rings. The van der Waals surface area contributed by atoms with Crippen molar-refractivity contribution in [3.63, 3.8) is 0 Å². The number of aliphatic hydroxyl groups excluding tert-OH is 1. The number of carbonyl (C=O) groups is 2. The molecule has 6 heteroatoms. The lowest BCUT2D eigenvalue weighted by molar-refractivity contribution is -0.157. The molecule has 118 valence electrons. The Morgan fingerprint density at radius 1 is 1.14 bits per heavy atom. The molecule has 1 aliphatic carbocycles. The normalized spacial score (nSPS) is 35.6. The first-order valence-electron chi connectivity index (χ1n) is 7.30.